The van der Waals surface area contributed by atoms with Crippen molar-refractivity contribution in [1.29, 1.82) is 5.26 Å². The number of nitrogens with zero attached hydrogens (tertiary/aromatic N) is 3. The third kappa shape index (κ3) is 5.52. The first-order chi connectivity index (χ1) is 18.2. The monoisotopic (exact) mass is 520 g/mol. The van der Waals surface area contributed by atoms with Crippen LogP contribution in [0.25, 0.3) is 0 Å². The number of rotatable bonds is 8. The van der Waals surface area contributed by atoms with E-state index in [0.717, 1.165) is 17.0 Å². The second-order valence-corrected chi connectivity index (χ2v) is 8.68. The Kier molecular flexibility index (Phi) is 7.76. The van der Waals surface area contributed by atoms with Crippen LogP contribution in [0, 0.1) is 11.3 Å². The van der Waals surface area contributed by atoms with Crippen LogP contribution in [0.2, 0.25) is 0 Å². The maximum absolute atomic E-state index is 13.6. The van der Waals surface area contributed by atoms with Crippen LogP contribution in [0.4, 0.5) is 23.7 Å². The fourth-order valence-corrected chi connectivity index (χ4v) is 4.43. The predicted molar refractivity (Wildman–Crippen MR) is 136 cm³/mol. The molecule has 0 aromatic heterocycles. The lowest BCUT2D eigenvalue weighted by Crippen LogP contribution is -2.69. The standard InChI is InChI=1S/C28H24F3N5O2/c1-2-3-4-13-33-14-6-15-35-18-23-24(26(35)37)25(20-11-9-19(17-32)10-12-20)34-27(38)36(23)22-8-5-7-21(16-22)28(29,30)31/h2-5,7-13,16,25H,1,6,14-15,18H2,(H,34,38)/p+1/b4-3-,33-13?/t25-/m1/s1. The zero-order valence-corrected chi connectivity index (χ0v) is 20.3. The van der Waals surface area contributed by atoms with E-state index in [9.17, 15) is 22.8 Å². The van der Waals surface area contributed by atoms with E-state index in [2.05, 4.69) is 16.9 Å². The number of hydrogen-bond donors (Lipinski definition) is 2. The van der Waals surface area contributed by atoms with E-state index < -0.39 is 23.8 Å². The van der Waals surface area contributed by atoms with Gasteiger partial charge in [0.05, 0.1) is 46.7 Å². The second-order valence-electron chi connectivity index (χ2n) is 8.68. The molecule has 0 radical (unpaired) electrons. The van der Waals surface area contributed by atoms with Gasteiger partial charge in [0.25, 0.3) is 5.91 Å². The number of benzene rings is 2. The van der Waals surface area contributed by atoms with Gasteiger partial charge in [-0.1, -0.05) is 36.9 Å². The number of urea groups is 1. The SMILES string of the molecule is C=C/C=C\C=[NH+]CCCN1CC2=C(C1=O)[C@@H](c1ccc(C#N)cc1)NC(=O)N2c1cccc(C(F)(F)F)c1. The summed E-state index contributed by atoms with van der Waals surface area (Å²) >= 11 is 0. The third-order valence-electron chi connectivity index (χ3n) is 6.21. The van der Waals surface area contributed by atoms with Gasteiger partial charge in [0.1, 0.15) is 6.54 Å². The summed E-state index contributed by atoms with van der Waals surface area (Å²) in [6.07, 6.45) is 2.98. The van der Waals surface area contributed by atoms with Crippen LogP contribution in [0.1, 0.15) is 29.2 Å². The molecule has 0 saturated heterocycles. The smallest absolute Gasteiger partial charge is 0.333 e. The highest BCUT2D eigenvalue weighted by molar-refractivity contribution is 6.07. The van der Waals surface area contributed by atoms with Crippen LogP contribution in [-0.2, 0) is 11.0 Å². The average molecular weight is 521 g/mol. The summed E-state index contributed by atoms with van der Waals surface area (Å²) in [6, 6.07) is 11.5. The van der Waals surface area contributed by atoms with Crippen LogP contribution in [0.3, 0.4) is 0 Å². The molecule has 0 unspecified atom stereocenters. The number of carbonyl (C=O) groups is 2. The topological polar surface area (TPSA) is 90.4 Å². The Labute approximate surface area is 217 Å². The Morgan fingerprint density at radius 2 is 1.92 bits per heavy atom. The van der Waals surface area contributed by atoms with Crippen molar-refractivity contribution >= 4 is 23.8 Å². The molecule has 2 N–H and O–H groups in total. The minimum Gasteiger partial charge on any atom is -0.333 e. The number of nitriles is 1. The molecule has 2 heterocycles. The number of hydrogen-bond acceptors (Lipinski definition) is 3. The van der Waals surface area contributed by atoms with E-state index >= 15 is 0 Å². The average Bonchev–Trinajstić information content (AvgIpc) is 3.23. The molecule has 38 heavy (non-hydrogen) atoms. The summed E-state index contributed by atoms with van der Waals surface area (Å²) in [5, 5.41) is 11.9. The molecule has 0 saturated carbocycles. The highest BCUT2D eigenvalue weighted by Gasteiger charge is 2.45. The first-order valence-corrected chi connectivity index (χ1v) is 11.9. The van der Waals surface area contributed by atoms with E-state index in [-0.39, 0.29) is 18.1 Å². The highest BCUT2D eigenvalue weighted by Crippen LogP contribution is 2.40. The molecule has 7 nitrogen and oxygen atoms in total. The van der Waals surface area contributed by atoms with Crippen LogP contribution >= 0.6 is 0 Å². The molecule has 2 aromatic carbocycles. The molecular weight excluding hydrogens is 495 g/mol. The Hall–Kier alpha value is -4.65. The lowest BCUT2D eigenvalue weighted by molar-refractivity contribution is -0.451. The molecular formula is C28H25F3N5O2+. The summed E-state index contributed by atoms with van der Waals surface area (Å²) in [7, 11) is 0. The van der Waals surface area contributed by atoms with Gasteiger partial charge in [-0.3, -0.25) is 9.69 Å². The van der Waals surface area contributed by atoms with Gasteiger partial charge in [-0.15, -0.1) is 0 Å². The van der Waals surface area contributed by atoms with Crippen molar-refractivity contribution in [3.63, 3.8) is 0 Å². The normalized spacial score (nSPS) is 17.8. The van der Waals surface area contributed by atoms with Gasteiger partial charge in [-0.05, 0) is 35.9 Å². The molecule has 194 valence electrons. The van der Waals surface area contributed by atoms with Gasteiger partial charge in [0, 0.05) is 19.0 Å². The van der Waals surface area contributed by atoms with Crippen LogP contribution in [-0.4, -0.2) is 42.7 Å². The molecule has 4 rings (SSSR count). The number of alkyl halides is 3. The quantitative estimate of drug-likeness (QED) is 0.318. The third-order valence-corrected chi connectivity index (χ3v) is 6.21. The molecule has 1 atom stereocenters. The van der Waals surface area contributed by atoms with Crippen molar-refractivity contribution in [3.05, 3.63) is 101 Å². The molecule has 0 fully saturated rings. The minimum atomic E-state index is -4.59. The molecule has 2 aliphatic heterocycles. The number of allylic oxidation sites excluding steroid dienone is 3. The van der Waals surface area contributed by atoms with Crippen molar-refractivity contribution in [3.8, 4) is 6.07 Å². The molecule has 2 aromatic rings. The van der Waals surface area contributed by atoms with Crippen LogP contribution in [0.15, 0.2) is 84.6 Å². The zero-order chi connectivity index (χ0) is 27.3. The van der Waals surface area contributed by atoms with Gasteiger partial charge in [0.15, 0.2) is 6.21 Å². The second kappa shape index (κ2) is 11.2. The van der Waals surface area contributed by atoms with E-state index in [1.807, 2.05) is 6.07 Å². The molecule has 10 heteroatoms. The Morgan fingerprint density at radius 1 is 1.16 bits per heavy atom. The van der Waals surface area contributed by atoms with E-state index in [0.29, 0.717) is 41.9 Å². The van der Waals surface area contributed by atoms with Crippen molar-refractivity contribution in [1.82, 2.24) is 10.2 Å². The lowest BCUT2D eigenvalue weighted by atomic mass is 9.94. The maximum atomic E-state index is 13.6. The minimum absolute atomic E-state index is 0.0167. The maximum Gasteiger partial charge on any atom is 0.416 e. The fraction of sp³-hybridized carbons (Fsp3) is 0.214. The van der Waals surface area contributed by atoms with Gasteiger partial charge < -0.3 is 10.2 Å². The number of nitrogens with one attached hydrogen (secondary N) is 2. The molecule has 3 amide bonds. The Balaban J connectivity index is 1.67. The Bertz CT molecular complexity index is 1370. The van der Waals surface area contributed by atoms with Gasteiger partial charge in [-0.2, -0.15) is 18.4 Å². The number of amides is 3. The van der Waals surface area contributed by atoms with Gasteiger partial charge >= 0.3 is 12.2 Å². The number of carbonyl (C=O) groups excluding carboxylic acids is 2. The van der Waals surface area contributed by atoms with Crippen molar-refractivity contribution in [2.24, 2.45) is 0 Å². The molecule has 0 spiro atoms. The zero-order valence-electron chi connectivity index (χ0n) is 20.3. The fourth-order valence-electron chi connectivity index (χ4n) is 4.43. The first kappa shape index (κ1) is 26.4. The van der Waals surface area contributed by atoms with E-state index in [1.165, 1.54) is 12.1 Å². The lowest BCUT2D eigenvalue weighted by Gasteiger charge is -2.33. The first-order valence-electron chi connectivity index (χ1n) is 11.9. The molecule has 0 bridgehead atoms. The highest BCUT2D eigenvalue weighted by atomic mass is 19.4. The van der Waals surface area contributed by atoms with Gasteiger partial charge in [0.2, 0.25) is 0 Å². The summed E-state index contributed by atoms with van der Waals surface area (Å²) < 4.78 is 40.2. The number of halogens is 3. The van der Waals surface area contributed by atoms with Crippen molar-refractivity contribution in [2.75, 3.05) is 24.5 Å². The summed E-state index contributed by atoms with van der Waals surface area (Å²) in [5.74, 6) is -0.304. The van der Waals surface area contributed by atoms with Gasteiger partial charge in [-0.25, -0.2) is 9.79 Å². The predicted octanol–water partition coefficient (Wildman–Crippen LogP) is 3.23. The largest absolute Gasteiger partial charge is 0.416 e. The summed E-state index contributed by atoms with van der Waals surface area (Å²) in [4.78, 5) is 32.7. The van der Waals surface area contributed by atoms with Crippen molar-refractivity contribution in [2.45, 2.75) is 18.6 Å². The van der Waals surface area contributed by atoms with Crippen molar-refractivity contribution < 1.29 is 27.8 Å². The number of anilines is 1. The van der Waals surface area contributed by atoms with E-state index in [1.54, 1.807) is 53.6 Å². The van der Waals surface area contributed by atoms with Crippen LogP contribution in [0.5, 0.6) is 0 Å². The molecule has 2 aliphatic rings. The van der Waals surface area contributed by atoms with Crippen LogP contribution < -0.4 is 15.2 Å². The summed E-state index contributed by atoms with van der Waals surface area (Å²) in [6.45, 7) is 4.63. The Morgan fingerprint density at radius 3 is 2.61 bits per heavy atom. The van der Waals surface area contributed by atoms with E-state index in [4.69, 9.17) is 5.26 Å². The molecule has 0 aliphatic carbocycles. The summed E-state index contributed by atoms with van der Waals surface area (Å²) in [5.41, 5.74) is 0.758.